The number of hydrogen-bond donors (Lipinski definition) is 2. The van der Waals surface area contributed by atoms with Gasteiger partial charge in [0.25, 0.3) is 11.8 Å². The first-order valence-electron chi connectivity index (χ1n) is 8.81. The van der Waals surface area contributed by atoms with E-state index in [-0.39, 0.29) is 12.5 Å². The highest BCUT2D eigenvalue weighted by Crippen LogP contribution is 2.33. The molecule has 8 heteroatoms. The largest absolute Gasteiger partial charge is 0.493 e. The van der Waals surface area contributed by atoms with Gasteiger partial charge in [-0.3, -0.25) is 25.3 Å². The molecule has 2 N–H and O–H groups in total. The maximum absolute atomic E-state index is 12.2. The van der Waals surface area contributed by atoms with Gasteiger partial charge in [-0.1, -0.05) is 11.6 Å². The summed E-state index contributed by atoms with van der Waals surface area (Å²) in [5.41, 5.74) is 7.56. The minimum Gasteiger partial charge on any atom is -0.493 e. The molecule has 0 spiro atoms. The molecule has 0 atom stereocenters. The normalized spacial score (nSPS) is 13.4. The van der Waals surface area contributed by atoms with Crippen molar-refractivity contribution in [1.82, 2.24) is 15.8 Å². The molecule has 0 radical (unpaired) electrons. The molecule has 1 aliphatic heterocycles. The molecule has 2 aromatic rings. The van der Waals surface area contributed by atoms with Gasteiger partial charge in [0.2, 0.25) is 0 Å². The predicted molar refractivity (Wildman–Crippen MR) is 106 cm³/mol. The first kappa shape index (κ1) is 20.0. The van der Waals surface area contributed by atoms with E-state index in [9.17, 15) is 9.59 Å². The minimum absolute atomic E-state index is 0.175. The lowest BCUT2D eigenvalue weighted by molar-refractivity contribution is -0.123. The van der Waals surface area contributed by atoms with Gasteiger partial charge < -0.3 is 9.47 Å². The van der Waals surface area contributed by atoms with E-state index in [0.717, 1.165) is 18.5 Å². The molecule has 3 rings (SSSR count). The SMILES string of the molecule is COc1cc2c(cc1OC)CN(CC(=O)NNC(=O)c1ccc(Cl)cc1)CC2. The maximum atomic E-state index is 12.2. The van der Waals surface area contributed by atoms with Crippen molar-refractivity contribution in [1.29, 1.82) is 0 Å². The van der Waals surface area contributed by atoms with Crippen molar-refractivity contribution in [2.75, 3.05) is 27.3 Å². The lowest BCUT2D eigenvalue weighted by Crippen LogP contribution is -2.47. The molecule has 2 amide bonds. The highest BCUT2D eigenvalue weighted by atomic mass is 35.5. The van der Waals surface area contributed by atoms with Gasteiger partial charge >= 0.3 is 0 Å². The van der Waals surface area contributed by atoms with Crippen LogP contribution in [0.2, 0.25) is 5.02 Å². The van der Waals surface area contributed by atoms with Gasteiger partial charge in [-0.05, 0) is 53.9 Å². The van der Waals surface area contributed by atoms with Crippen molar-refractivity contribution < 1.29 is 19.1 Å². The Bertz CT molecular complexity index is 870. The Kier molecular flexibility index (Phi) is 6.38. The second-order valence-corrected chi connectivity index (χ2v) is 6.88. The number of fused-ring (bicyclic) bond motifs is 1. The lowest BCUT2D eigenvalue weighted by Gasteiger charge is -2.29. The molecular weight excluding hydrogens is 382 g/mol. The third-order valence-corrected chi connectivity index (χ3v) is 4.84. The molecule has 0 aliphatic carbocycles. The van der Waals surface area contributed by atoms with Gasteiger partial charge in [0.15, 0.2) is 11.5 Å². The molecule has 2 aromatic carbocycles. The molecule has 1 heterocycles. The summed E-state index contributed by atoms with van der Waals surface area (Å²) >= 11 is 5.80. The number of nitrogens with zero attached hydrogens (tertiary/aromatic N) is 1. The Balaban J connectivity index is 1.54. The van der Waals surface area contributed by atoms with Crippen LogP contribution in [0, 0.1) is 0 Å². The van der Waals surface area contributed by atoms with Crippen molar-refractivity contribution >= 4 is 23.4 Å². The third kappa shape index (κ3) is 4.74. The molecule has 0 bridgehead atoms. The molecule has 0 unspecified atom stereocenters. The second kappa shape index (κ2) is 8.95. The first-order chi connectivity index (χ1) is 13.5. The van der Waals surface area contributed by atoms with Crippen LogP contribution in [-0.2, 0) is 17.8 Å². The van der Waals surface area contributed by atoms with E-state index in [2.05, 4.69) is 10.9 Å². The second-order valence-electron chi connectivity index (χ2n) is 6.45. The highest BCUT2D eigenvalue weighted by Gasteiger charge is 2.21. The number of ether oxygens (including phenoxy) is 2. The van der Waals surface area contributed by atoms with E-state index in [0.29, 0.717) is 28.6 Å². The number of carbonyl (C=O) groups is 2. The fourth-order valence-corrected chi connectivity index (χ4v) is 3.25. The fraction of sp³-hybridized carbons (Fsp3) is 0.300. The number of methoxy groups -OCH3 is 2. The van der Waals surface area contributed by atoms with Gasteiger partial charge in [0.05, 0.1) is 20.8 Å². The van der Waals surface area contributed by atoms with Crippen LogP contribution in [0.1, 0.15) is 21.5 Å². The van der Waals surface area contributed by atoms with Gasteiger partial charge in [0.1, 0.15) is 0 Å². The van der Waals surface area contributed by atoms with Crippen molar-refractivity contribution in [2.24, 2.45) is 0 Å². The number of carbonyl (C=O) groups excluding carboxylic acids is 2. The van der Waals surface area contributed by atoms with E-state index in [1.54, 1.807) is 38.5 Å². The van der Waals surface area contributed by atoms with Crippen molar-refractivity contribution in [3.63, 3.8) is 0 Å². The number of hydrazine groups is 1. The Morgan fingerprint density at radius 3 is 2.32 bits per heavy atom. The smallest absolute Gasteiger partial charge is 0.269 e. The number of halogens is 1. The van der Waals surface area contributed by atoms with E-state index in [1.807, 2.05) is 17.0 Å². The summed E-state index contributed by atoms with van der Waals surface area (Å²) in [5, 5.41) is 0.542. The van der Waals surface area contributed by atoms with Crippen molar-refractivity contribution in [3.05, 3.63) is 58.1 Å². The van der Waals surface area contributed by atoms with Crippen LogP contribution in [0.5, 0.6) is 11.5 Å². The summed E-state index contributed by atoms with van der Waals surface area (Å²) in [6.07, 6.45) is 0.806. The van der Waals surface area contributed by atoms with Gasteiger partial charge in [0, 0.05) is 23.7 Å². The average Bonchev–Trinajstić information content (AvgIpc) is 2.71. The Morgan fingerprint density at radius 2 is 1.68 bits per heavy atom. The molecule has 28 heavy (non-hydrogen) atoms. The van der Waals surface area contributed by atoms with Crippen LogP contribution in [0.15, 0.2) is 36.4 Å². The number of nitrogens with one attached hydrogen (secondary N) is 2. The number of benzene rings is 2. The Hall–Kier alpha value is -2.77. The number of amides is 2. The average molecular weight is 404 g/mol. The van der Waals surface area contributed by atoms with Gasteiger partial charge in [-0.25, -0.2) is 0 Å². The van der Waals surface area contributed by atoms with E-state index in [4.69, 9.17) is 21.1 Å². The van der Waals surface area contributed by atoms with E-state index in [1.165, 1.54) is 5.56 Å². The summed E-state index contributed by atoms with van der Waals surface area (Å²) < 4.78 is 10.7. The van der Waals surface area contributed by atoms with Crippen LogP contribution in [0.4, 0.5) is 0 Å². The highest BCUT2D eigenvalue weighted by molar-refractivity contribution is 6.30. The van der Waals surface area contributed by atoms with Crippen LogP contribution < -0.4 is 20.3 Å². The summed E-state index contributed by atoms with van der Waals surface area (Å²) in [7, 11) is 3.21. The Morgan fingerprint density at radius 1 is 1.04 bits per heavy atom. The zero-order valence-corrected chi connectivity index (χ0v) is 16.5. The minimum atomic E-state index is -0.397. The zero-order valence-electron chi connectivity index (χ0n) is 15.8. The third-order valence-electron chi connectivity index (χ3n) is 4.59. The number of rotatable bonds is 5. The van der Waals surface area contributed by atoms with Crippen molar-refractivity contribution in [3.8, 4) is 11.5 Å². The van der Waals surface area contributed by atoms with E-state index >= 15 is 0 Å². The summed E-state index contributed by atoms with van der Waals surface area (Å²) in [6, 6.07) is 10.3. The van der Waals surface area contributed by atoms with Gasteiger partial charge in [-0.15, -0.1) is 0 Å². The van der Waals surface area contributed by atoms with Crippen LogP contribution >= 0.6 is 11.6 Å². The van der Waals surface area contributed by atoms with Crippen LogP contribution in [0.3, 0.4) is 0 Å². The molecule has 1 aliphatic rings. The number of hydrogen-bond acceptors (Lipinski definition) is 5. The quantitative estimate of drug-likeness (QED) is 0.748. The molecule has 0 fully saturated rings. The lowest BCUT2D eigenvalue weighted by atomic mass is 9.99. The zero-order chi connectivity index (χ0) is 20.1. The first-order valence-corrected chi connectivity index (χ1v) is 9.19. The molecule has 0 aromatic heterocycles. The Labute approximate surface area is 168 Å². The summed E-state index contributed by atoms with van der Waals surface area (Å²) in [4.78, 5) is 26.3. The monoisotopic (exact) mass is 403 g/mol. The summed E-state index contributed by atoms with van der Waals surface area (Å²) in [5.74, 6) is 0.692. The van der Waals surface area contributed by atoms with Crippen molar-refractivity contribution in [2.45, 2.75) is 13.0 Å². The summed E-state index contributed by atoms with van der Waals surface area (Å²) in [6.45, 7) is 1.53. The predicted octanol–water partition coefficient (Wildman–Crippen LogP) is 2.18. The van der Waals surface area contributed by atoms with Gasteiger partial charge in [-0.2, -0.15) is 0 Å². The maximum Gasteiger partial charge on any atom is 0.269 e. The van der Waals surface area contributed by atoms with Crippen LogP contribution in [0.25, 0.3) is 0 Å². The molecule has 0 saturated carbocycles. The van der Waals surface area contributed by atoms with E-state index < -0.39 is 5.91 Å². The molecular formula is C20H22ClN3O4. The van der Waals surface area contributed by atoms with Crippen LogP contribution in [-0.4, -0.2) is 44.0 Å². The fourth-order valence-electron chi connectivity index (χ4n) is 3.12. The molecule has 0 saturated heterocycles. The topological polar surface area (TPSA) is 79.9 Å². The molecule has 148 valence electrons. The standard InChI is InChI=1S/C20H22ClN3O4/c1-27-17-9-14-7-8-24(11-15(14)10-18(17)28-2)12-19(25)22-23-20(26)13-3-5-16(21)6-4-13/h3-6,9-10H,7-8,11-12H2,1-2H3,(H,22,25)(H,23,26). The molecule has 7 nitrogen and oxygen atoms in total.